The van der Waals surface area contributed by atoms with Crippen molar-refractivity contribution < 1.29 is 4.58 Å². The molecule has 1 fully saturated rings. The highest BCUT2D eigenvalue weighted by Crippen LogP contribution is 2.44. The SMILES string of the molecule is C=CC[C@]1(c2ccccc2)C=[N+]2CCCC[C@H]2c2ccccc21. The van der Waals surface area contributed by atoms with Crippen LogP contribution in [0.4, 0.5) is 0 Å². The molecule has 0 saturated carbocycles. The number of piperidine rings is 1. The largest absolute Gasteiger partial charge is 0.231 e. The lowest BCUT2D eigenvalue weighted by atomic mass is 9.68. The number of allylic oxidation sites excluding steroid dienone is 1. The molecule has 0 amide bonds. The van der Waals surface area contributed by atoms with Gasteiger partial charge in [-0.05, 0) is 24.0 Å². The van der Waals surface area contributed by atoms with Gasteiger partial charge >= 0.3 is 0 Å². The van der Waals surface area contributed by atoms with Gasteiger partial charge in [-0.25, -0.2) is 4.58 Å². The molecule has 0 aromatic heterocycles. The number of rotatable bonds is 3. The highest BCUT2D eigenvalue weighted by Gasteiger charge is 2.45. The van der Waals surface area contributed by atoms with E-state index in [0.717, 1.165) is 6.42 Å². The minimum absolute atomic E-state index is 0.0759. The Labute approximate surface area is 139 Å². The second kappa shape index (κ2) is 5.81. The van der Waals surface area contributed by atoms with Gasteiger partial charge in [0, 0.05) is 18.4 Å². The maximum atomic E-state index is 4.06. The number of nitrogens with zero attached hydrogens (tertiary/aromatic N) is 1. The summed E-state index contributed by atoms with van der Waals surface area (Å²) in [5, 5.41) is 0. The van der Waals surface area contributed by atoms with Crippen LogP contribution >= 0.6 is 0 Å². The maximum absolute atomic E-state index is 4.06. The highest BCUT2D eigenvalue weighted by atomic mass is 15.1. The average Bonchev–Trinajstić information content (AvgIpc) is 2.63. The predicted octanol–water partition coefficient (Wildman–Crippen LogP) is 4.87. The maximum Gasteiger partial charge on any atom is 0.178 e. The highest BCUT2D eigenvalue weighted by molar-refractivity contribution is 5.78. The Morgan fingerprint density at radius 1 is 1.04 bits per heavy atom. The second-order valence-corrected chi connectivity index (χ2v) is 6.80. The molecule has 2 heterocycles. The average molecular weight is 302 g/mol. The van der Waals surface area contributed by atoms with Crippen molar-refractivity contribution in [2.75, 3.05) is 6.54 Å². The molecule has 0 N–H and O–H groups in total. The zero-order chi connectivity index (χ0) is 15.7. The lowest BCUT2D eigenvalue weighted by molar-refractivity contribution is -0.582. The fraction of sp³-hybridized carbons (Fsp3) is 0.318. The van der Waals surface area contributed by atoms with Gasteiger partial charge in [-0.15, -0.1) is 6.58 Å². The summed E-state index contributed by atoms with van der Waals surface area (Å²) in [6.45, 7) is 5.24. The molecular weight excluding hydrogens is 278 g/mol. The molecule has 1 heteroatoms. The Morgan fingerprint density at radius 2 is 1.83 bits per heavy atom. The normalized spacial score (nSPS) is 25.9. The fourth-order valence-corrected chi connectivity index (χ4v) is 4.46. The van der Waals surface area contributed by atoms with E-state index in [1.54, 1.807) is 0 Å². The first-order chi connectivity index (χ1) is 11.3. The standard InChI is InChI=1S/C22H24N/c1-2-15-22(18-10-4-3-5-11-18)17-23-16-9-8-14-21(23)19-12-6-7-13-20(19)22/h2-7,10-13,17,21H,1,8-9,14-16H2/q+1/t21-,22+/m0/s1. The Morgan fingerprint density at radius 3 is 2.65 bits per heavy atom. The molecule has 0 bridgehead atoms. The second-order valence-electron chi connectivity index (χ2n) is 6.80. The molecule has 0 aliphatic carbocycles. The van der Waals surface area contributed by atoms with E-state index in [4.69, 9.17) is 0 Å². The van der Waals surface area contributed by atoms with Gasteiger partial charge in [0.2, 0.25) is 0 Å². The number of hydrogen-bond acceptors (Lipinski definition) is 0. The molecule has 1 saturated heterocycles. The fourth-order valence-electron chi connectivity index (χ4n) is 4.46. The molecule has 2 aromatic rings. The van der Waals surface area contributed by atoms with Gasteiger partial charge in [0.1, 0.15) is 12.0 Å². The first kappa shape index (κ1) is 14.4. The van der Waals surface area contributed by atoms with E-state index in [1.807, 2.05) is 0 Å². The van der Waals surface area contributed by atoms with E-state index in [2.05, 4.69) is 78.0 Å². The third-order valence-electron chi connectivity index (χ3n) is 5.49. The van der Waals surface area contributed by atoms with Gasteiger partial charge in [-0.1, -0.05) is 60.7 Å². The Bertz CT molecular complexity index is 744. The summed E-state index contributed by atoms with van der Waals surface area (Å²) in [5.41, 5.74) is 4.28. The molecule has 1 nitrogen and oxygen atoms in total. The molecule has 2 atom stereocenters. The third-order valence-corrected chi connectivity index (χ3v) is 5.49. The zero-order valence-electron chi connectivity index (χ0n) is 13.6. The zero-order valence-corrected chi connectivity index (χ0v) is 13.6. The van der Waals surface area contributed by atoms with Gasteiger partial charge in [-0.2, -0.15) is 0 Å². The Balaban J connectivity index is 1.98. The van der Waals surface area contributed by atoms with Crippen LogP contribution in [0.3, 0.4) is 0 Å². The topological polar surface area (TPSA) is 3.01 Å². The van der Waals surface area contributed by atoms with E-state index in [1.165, 1.54) is 42.5 Å². The molecule has 0 unspecified atom stereocenters. The predicted molar refractivity (Wildman–Crippen MR) is 96.3 cm³/mol. The van der Waals surface area contributed by atoms with Crippen LogP contribution in [0, 0.1) is 0 Å². The molecule has 2 aliphatic rings. The van der Waals surface area contributed by atoms with Gasteiger partial charge in [-0.3, -0.25) is 0 Å². The molecular formula is C22H24N+. The van der Waals surface area contributed by atoms with Crippen LogP contribution in [-0.4, -0.2) is 17.3 Å². The number of benzene rings is 2. The molecule has 0 radical (unpaired) electrons. The summed E-state index contributed by atoms with van der Waals surface area (Å²) in [6, 6.07) is 20.5. The van der Waals surface area contributed by atoms with Crippen molar-refractivity contribution in [2.24, 2.45) is 0 Å². The molecule has 2 aromatic carbocycles. The van der Waals surface area contributed by atoms with E-state index in [0.29, 0.717) is 6.04 Å². The third kappa shape index (κ3) is 2.26. The van der Waals surface area contributed by atoms with Gasteiger partial charge in [0.05, 0.1) is 0 Å². The first-order valence-electron chi connectivity index (χ1n) is 8.73. The van der Waals surface area contributed by atoms with Crippen molar-refractivity contribution in [3.05, 3.63) is 83.9 Å². The van der Waals surface area contributed by atoms with Gasteiger partial charge in [0.15, 0.2) is 12.3 Å². The summed E-state index contributed by atoms with van der Waals surface area (Å²) in [7, 11) is 0. The van der Waals surface area contributed by atoms with E-state index < -0.39 is 0 Å². The molecule has 0 spiro atoms. The van der Waals surface area contributed by atoms with Crippen LogP contribution in [0.5, 0.6) is 0 Å². The van der Waals surface area contributed by atoms with Crippen LogP contribution in [0.25, 0.3) is 0 Å². The quantitative estimate of drug-likeness (QED) is 0.562. The van der Waals surface area contributed by atoms with Crippen LogP contribution in [0.15, 0.2) is 67.3 Å². The number of hydrogen-bond donors (Lipinski definition) is 0. The summed E-state index contributed by atoms with van der Waals surface area (Å²) in [4.78, 5) is 0. The first-order valence-corrected chi connectivity index (χ1v) is 8.73. The molecule has 4 rings (SSSR count). The van der Waals surface area contributed by atoms with Crippen LogP contribution in [-0.2, 0) is 5.41 Å². The Hall–Kier alpha value is -2.15. The minimum atomic E-state index is -0.0759. The van der Waals surface area contributed by atoms with Crippen molar-refractivity contribution in [1.29, 1.82) is 0 Å². The number of fused-ring (bicyclic) bond motifs is 3. The molecule has 23 heavy (non-hydrogen) atoms. The van der Waals surface area contributed by atoms with Crippen molar-refractivity contribution in [3.8, 4) is 0 Å². The van der Waals surface area contributed by atoms with E-state index >= 15 is 0 Å². The summed E-state index contributed by atoms with van der Waals surface area (Å²) >= 11 is 0. The lowest BCUT2D eigenvalue weighted by Gasteiger charge is -2.38. The monoisotopic (exact) mass is 302 g/mol. The van der Waals surface area contributed by atoms with Gasteiger partial charge < -0.3 is 0 Å². The van der Waals surface area contributed by atoms with Crippen LogP contribution in [0.1, 0.15) is 48.4 Å². The van der Waals surface area contributed by atoms with Crippen molar-refractivity contribution in [2.45, 2.75) is 37.1 Å². The molecule has 116 valence electrons. The molecule has 2 aliphatic heterocycles. The Kier molecular flexibility index (Phi) is 3.65. The van der Waals surface area contributed by atoms with Crippen LogP contribution in [0.2, 0.25) is 0 Å². The minimum Gasteiger partial charge on any atom is -0.231 e. The summed E-state index contributed by atoms with van der Waals surface area (Å²) in [5.74, 6) is 0. The smallest absolute Gasteiger partial charge is 0.178 e. The van der Waals surface area contributed by atoms with Crippen molar-refractivity contribution in [3.63, 3.8) is 0 Å². The summed E-state index contributed by atoms with van der Waals surface area (Å²) in [6.07, 6.45) is 9.43. The van der Waals surface area contributed by atoms with Crippen LogP contribution < -0.4 is 0 Å². The lowest BCUT2D eigenvalue weighted by Crippen LogP contribution is -2.42. The van der Waals surface area contributed by atoms with E-state index in [9.17, 15) is 0 Å². The van der Waals surface area contributed by atoms with Crippen molar-refractivity contribution >= 4 is 6.21 Å². The van der Waals surface area contributed by atoms with Crippen molar-refractivity contribution in [1.82, 2.24) is 0 Å². The van der Waals surface area contributed by atoms with Gasteiger partial charge in [0.25, 0.3) is 0 Å². The van der Waals surface area contributed by atoms with E-state index in [-0.39, 0.29) is 5.41 Å². The summed E-state index contributed by atoms with van der Waals surface area (Å²) < 4.78 is 2.60.